The van der Waals surface area contributed by atoms with Gasteiger partial charge >= 0.3 is 0 Å². The number of piperazine rings is 1. The van der Waals surface area contributed by atoms with E-state index < -0.39 is 4.92 Å². The average Bonchev–Trinajstić information content (AvgIpc) is 3.05. The Bertz CT molecular complexity index is 578. The number of carbonyl (C=O) groups is 1. The van der Waals surface area contributed by atoms with Crippen molar-refractivity contribution < 1.29 is 9.72 Å². The standard InChI is InChI=1S/C15H20N4O3.ClH/c20-15(13-3-1-2-4-14(13)19(21)22)18-8-5-12(11-18)17-9-6-16-7-10-17;/h1-4,12,16H,5-11H2;1H. The maximum absolute atomic E-state index is 12.6. The van der Waals surface area contributed by atoms with Gasteiger partial charge in [0.1, 0.15) is 5.56 Å². The smallest absolute Gasteiger partial charge is 0.282 e. The minimum absolute atomic E-state index is 0. The fraction of sp³-hybridized carbons (Fsp3) is 0.533. The number of amides is 1. The normalized spacial score (nSPS) is 21.7. The molecule has 1 aromatic rings. The number of benzene rings is 1. The van der Waals surface area contributed by atoms with Crippen LogP contribution in [0.15, 0.2) is 24.3 Å². The Balaban J connectivity index is 0.00000192. The predicted molar refractivity (Wildman–Crippen MR) is 89.1 cm³/mol. The minimum Gasteiger partial charge on any atom is -0.337 e. The van der Waals surface area contributed by atoms with E-state index >= 15 is 0 Å². The molecule has 126 valence electrons. The van der Waals surface area contributed by atoms with Crippen LogP contribution in [0.1, 0.15) is 16.8 Å². The van der Waals surface area contributed by atoms with Gasteiger partial charge in [-0.15, -0.1) is 12.4 Å². The first-order chi connectivity index (χ1) is 10.7. The Morgan fingerprint density at radius 3 is 2.61 bits per heavy atom. The lowest BCUT2D eigenvalue weighted by Crippen LogP contribution is -2.49. The molecule has 0 saturated carbocycles. The Kier molecular flexibility index (Phi) is 5.92. The molecule has 1 N–H and O–H groups in total. The Morgan fingerprint density at radius 2 is 1.91 bits per heavy atom. The van der Waals surface area contributed by atoms with Crippen molar-refractivity contribution in [2.45, 2.75) is 12.5 Å². The van der Waals surface area contributed by atoms with Gasteiger partial charge in [0.05, 0.1) is 4.92 Å². The summed E-state index contributed by atoms with van der Waals surface area (Å²) in [5.41, 5.74) is 0.0755. The Labute approximate surface area is 141 Å². The van der Waals surface area contributed by atoms with Gasteiger partial charge in [0, 0.05) is 51.4 Å². The summed E-state index contributed by atoms with van der Waals surface area (Å²) >= 11 is 0. The second-order valence-corrected chi connectivity index (χ2v) is 5.75. The third-order valence-corrected chi connectivity index (χ3v) is 4.45. The molecule has 1 amide bonds. The zero-order valence-electron chi connectivity index (χ0n) is 12.8. The molecule has 3 rings (SSSR count). The van der Waals surface area contributed by atoms with Crippen LogP contribution in [0.4, 0.5) is 5.69 Å². The topological polar surface area (TPSA) is 78.7 Å². The maximum Gasteiger partial charge on any atom is 0.282 e. The number of para-hydroxylation sites is 1. The summed E-state index contributed by atoms with van der Waals surface area (Å²) in [6.07, 6.45) is 0.937. The molecule has 2 fully saturated rings. The van der Waals surface area contributed by atoms with Gasteiger partial charge < -0.3 is 10.2 Å². The van der Waals surface area contributed by atoms with E-state index in [1.54, 1.807) is 23.1 Å². The van der Waals surface area contributed by atoms with Crippen molar-refractivity contribution in [3.63, 3.8) is 0 Å². The van der Waals surface area contributed by atoms with E-state index in [0.29, 0.717) is 19.1 Å². The summed E-state index contributed by atoms with van der Waals surface area (Å²) in [7, 11) is 0. The van der Waals surface area contributed by atoms with Crippen molar-refractivity contribution in [3.05, 3.63) is 39.9 Å². The van der Waals surface area contributed by atoms with Gasteiger partial charge in [-0.25, -0.2) is 0 Å². The quantitative estimate of drug-likeness (QED) is 0.659. The number of nitrogens with one attached hydrogen (secondary N) is 1. The fourth-order valence-corrected chi connectivity index (χ4v) is 3.26. The lowest BCUT2D eigenvalue weighted by molar-refractivity contribution is -0.385. The molecule has 0 radical (unpaired) electrons. The van der Waals surface area contributed by atoms with Crippen molar-refractivity contribution in [2.24, 2.45) is 0 Å². The summed E-state index contributed by atoms with van der Waals surface area (Å²) in [4.78, 5) is 27.3. The first-order valence-electron chi connectivity index (χ1n) is 7.64. The van der Waals surface area contributed by atoms with Crippen molar-refractivity contribution in [2.75, 3.05) is 39.3 Å². The molecule has 2 heterocycles. The number of rotatable bonds is 3. The average molecular weight is 341 g/mol. The Hall–Kier alpha value is -1.70. The van der Waals surface area contributed by atoms with E-state index in [2.05, 4.69) is 10.2 Å². The van der Waals surface area contributed by atoms with Crippen LogP contribution in [-0.4, -0.2) is 65.9 Å². The first-order valence-corrected chi connectivity index (χ1v) is 7.64. The highest BCUT2D eigenvalue weighted by Crippen LogP contribution is 2.23. The van der Waals surface area contributed by atoms with Crippen LogP contribution >= 0.6 is 12.4 Å². The van der Waals surface area contributed by atoms with Crippen molar-refractivity contribution in [1.29, 1.82) is 0 Å². The van der Waals surface area contributed by atoms with Gasteiger partial charge in [0.15, 0.2) is 0 Å². The number of nitro groups is 1. The number of hydrogen-bond acceptors (Lipinski definition) is 5. The molecule has 2 saturated heterocycles. The van der Waals surface area contributed by atoms with Crippen LogP contribution in [0, 0.1) is 10.1 Å². The van der Waals surface area contributed by atoms with Crippen LogP contribution in [-0.2, 0) is 0 Å². The molecule has 23 heavy (non-hydrogen) atoms. The van der Waals surface area contributed by atoms with Gasteiger partial charge in [0.25, 0.3) is 11.6 Å². The Morgan fingerprint density at radius 1 is 1.22 bits per heavy atom. The number of carbonyl (C=O) groups excluding carboxylic acids is 1. The fourth-order valence-electron chi connectivity index (χ4n) is 3.26. The first kappa shape index (κ1) is 17.7. The molecular formula is C15H21ClN4O3. The molecule has 7 nitrogen and oxygen atoms in total. The summed E-state index contributed by atoms with van der Waals surface area (Å²) in [6.45, 7) is 5.28. The highest BCUT2D eigenvalue weighted by molar-refractivity contribution is 5.98. The lowest BCUT2D eigenvalue weighted by atomic mass is 10.1. The van der Waals surface area contributed by atoms with Gasteiger partial charge in [-0.2, -0.15) is 0 Å². The van der Waals surface area contributed by atoms with E-state index in [9.17, 15) is 14.9 Å². The van der Waals surface area contributed by atoms with Crippen LogP contribution in [0.5, 0.6) is 0 Å². The third kappa shape index (κ3) is 3.80. The van der Waals surface area contributed by atoms with Crippen molar-refractivity contribution in [1.82, 2.24) is 15.1 Å². The van der Waals surface area contributed by atoms with Crippen molar-refractivity contribution in [3.8, 4) is 0 Å². The second-order valence-electron chi connectivity index (χ2n) is 5.75. The van der Waals surface area contributed by atoms with Gasteiger partial charge in [-0.3, -0.25) is 19.8 Å². The predicted octanol–water partition coefficient (Wildman–Crippen LogP) is 1.14. The number of nitro benzene ring substituents is 1. The van der Waals surface area contributed by atoms with Crippen LogP contribution in [0.3, 0.4) is 0 Å². The van der Waals surface area contributed by atoms with E-state index in [0.717, 1.165) is 32.6 Å². The zero-order chi connectivity index (χ0) is 15.5. The lowest BCUT2D eigenvalue weighted by Gasteiger charge is -2.32. The molecular weight excluding hydrogens is 320 g/mol. The largest absolute Gasteiger partial charge is 0.337 e. The molecule has 8 heteroatoms. The zero-order valence-corrected chi connectivity index (χ0v) is 13.6. The highest BCUT2D eigenvalue weighted by atomic mass is 35.5. The molecule has 0 aromatic heterocycles. The van der Waals surface area contributed by atoms with Crippen LogP contribution in [0.2, 0.25) is 0 Å². The highest BCUT2D eigenvalue weighted by Gasteiger charge is 2.33. The summed E-state index contributed by atoms with van der Waals surface area (Å²) in [5.74, 6) is -0.232. The number of hydrogen-bond donors (Lipinski definition) is 1. The molecule has 1 aromatic carbocycles. The van der Waals surface area contributed by atoms with E-state index in [1.165, 1.54) is 6.07 Å². The molecule has 0 bridgehead atoms. The number of nitrogens with zero attached hydrogens (tertiary/aromatic N) is 3. The third-order valence-electron chi connectivity index (χ3n) is 4.45. The molecule has 0 spiro atoms. The van der Waals surface area contributed by atoms with E-state index in [1.807, 2.05) is 0 Å². The molecule has 2 aliphatic heterocycles. The monoisotopic (exact) mass is 340 g/mol. The number of likely N-dealkylation sites (tertiary alicyclic amines) is 1. The molecule has 0 aliphatic carbocycles. The molecule has 1 unspecified atom stereocenters. The van der Waals surface area contributed by atoms with Gasteiger partial charge in [-0.05, 0) is 12.5 Å². The van der Waals surface area contributed by atoms with Crippen LogP contribution in [0.25, 0.3) is 0 Å². The summed E-state index contributed by atoms with van der Waals surface area (Å²) in [5, 5.41) is 14.4. The second kappa shape index (κ2) is 7.72. The van der Waals surface area contributed by atoms with Crippen molar-refractivity contribution >= 4 is 24.0 Å². The molecule has 2 aliphatic rings. The minimum atomic E-state index is -0.489. The van der Waals surface area contributed by atoms with Crippen LogP contribution < -0.4 is 5.32 Å². The van der Waals surface area contributed by atoms with Gasteiger partial charge in [0.2, 0.25) is 0 Å². The van der Waals surface area contributed by atoms with E-state index in [-0.39, 0.29) is 29.6 Å². The number of halogens is 1. The summed E-state index contributed by atoms with van der Waals surface area (Å²) < 4.78 is 0. The molecule has 1 atom stereocenters. The van der Waals surface area contributed by atoms with E-state index in [4.69, 9.17) is 0 Å². The maximum atomic E-state index is 12.6. The van der Waals surface area contributed by atoms with Gasteiger partial charge in [-0.1, -0.05) is 12.1 Å². The SMILES string of the molecule is Cl.O=C(c1ccccc1[N+](=O)[O-])N1CCC(N2CCNCC2)C1. The summed E-state index contributed by atoms with van der Waals surface area (Å²) in [6, 6.07) is 6.55.